The zero-order valence-corrected chi connectivity index (χ0v) is 11.0. The summed E-state index contributed by atoms with van der Waals surface area (Å²) in [5, 5.41) is 13.0. The Morgan fingerprint density at radius 3 is 2.86 bits per heavy atom. The maximum absolute atomic E-state index is 11.4. The summed E-state index contributed by atoms with van der Waals surface area (Å²) >= 11 is 0. The molecule has 0 atom stereocenters. The van der Waals surface area contributed by atoms with Gasteiger partial charge in [-0.1, -0.05) is 18.2 Å². The Morgan fingerprint density at radius 1 is 1.24 bits per heavy atom. The fraction of sp³-hybridized carbons (Fsp3) is 0.0667. The van der Waals surface area contributed by atoms with Gasteiger partial charge in [-0.3, -0.25) is 0 Å². The average molecular weight is 280 g/mol. The summed E-state index contributed by atoms with van der Waals surface area (Å²) in [6.45, 7) is 0.451. The van der Waals surface area contributed by atoms with Crippen LogP contribution < -0.4 is 5.32 Å². The molecule has 3 aromatic rings. The number of aromatic carboxylic acids is 1. The van der Waals surface area contributed by atoms with Crippen molar-refractivity contribution in [3.8, 4) is 0 Å². The Kier molecular flexibility index (Phi) is 3.42. The molecule has 0 spiro atoms. The van der Waals surface area contributed by atoms with Gasteiger partial charge in [0.1, 0.15) is 12.1 Å². The Bertz CT molecular complexity index is 790. The number of para-hydroxylation sites is 1. The third-order valence-electron chi connectivity index (χ3n) is 3.04. The lowest BCUT2D eigenvalue weighted by Gasteiger charge is -2.08. The van der Waals surface area contributed by atoms with Crippen molar-refractivity contribution in [2.75, 3.05) is 5.32 Å². The molecule has 0 unspecified atom stereocenters. The maximum atomic E-state index is 11.4. The van der Waals surface area contributed by atoms with Crippen LogP contribution in [0.1, 0.15) is 16.1 Å². The molecule has 1 aromatic carbocycles. The number of hydrogen-bond acceptors (Lipinski definition) is 5. The van der Waals surface area contributed by atoms with E-state index in [0.29, 0.717) is 23.3 Å². The van der Waals surface area contributed by atoms with Crippen molar-refractivity contribution in [3.05, 3.63) is 60.2 Å². The second kappa shape index (κ2) is 5.54. The van der Waals surface area contributed by atoms with Gasteiger partial charge in [0.15, 0.2) is 0 Å². The number of rotatable bonds is 4. The fourth-order valence-corrected chi connectivity index (χ4v) is 2.05. The fourth-order valence-electron chi connectivity index (χ4n) is 2.05. The van der Waals surface area contributed by atoms with E-state index >= 15 is 0 Å². The molecule has 2 aromatic heterocycles. The number of carboxylic acid groups (broad SMARTS) is 1. The second-order valence-corrected chi connectivity index (χ2v) is 4.43. The van der Waals surface area contributed by atoms with Crippen LogP contribution in [0.3, 0.4) is 0 Å². The third kappa shape index (κ3) is 2.79. The van der Waals surface area contributed by atoms with Gasteiger partial charge < -0.3 is 10.4 Å². The van der Waals surface area contributed by atoms with Crippen LogP contribution in [0.15, 0.2) is 48.9 Å². The van der Waals surface area contributed by atoms with Crippen molar-refractivity contribution < 1.29 is 9.90 Å². The van der Waals surface area contributed by atoms with E-state index in [0.717, 1.165) is 5.69 Å². The van der Waals surface area contributed by atoms with Crippen LogP contribution in [-0.2, 0) is 6.54 Å². The lowest BCUT2D eigenvalue weighted by Crippen LogP contribution is -2.06. The summed E-state index contributed by atoms with van der Waals surface area (Å²) in [6, 6.07) is 10.5. The number of fused-ring (bicyclic) bond motifs is 1. The highest BCUT2D eigenvalue weighted by atomic mass is 16.4. The Hall–Kier alpha value is -3.02. The van der Waals surface area contributed by atoms with E-state index in [1.54, 1.807) is 30.5 Å². The quantitative estimate of drug-likeness (QED) is 0.762. The molecule has 2 heterocycles. The lowest BCUT2D eigenvalue weighted by molar-refractivity contribution is 0.0699. The Balaban J connectivity index is 1.94. The predicted molar refractivity (Wildman–Crippen MR) is 78.1 cm³/mol. The van der Waals surface area contributed by atoms with Crippen LogP contribution in [0.5, 0.6) is 0 Å². The minimum Gasteiger partial charge on any atom is -0.478 e. The number of carboxylic acids is 1. The van der Waals surface area contributed by atoms with Gasteiger partial charge in [0.05, 0.1) is 23.3 Å². The largest absolute Gasteiger partial charge is 0.478 e. The molecule has 0 saturated carbocycles. The van der Waals surface area contributed by atoms with Gasteiger partial charge in [0.25, 0.3) is 0 Å². The standard InChI is InChI=1S/C15H12N4O2/c20-15(21)12-7-14(17-8-10-5-6-16-9-18-10)19-13-4-2-1-3-11(12)13/h1-7,9H,8H2,(H,17,19)(H,20,21). The van der Waals surface area contributed by atoms with E-state index in [9.17, 15) is 9.90 Å². The monoisotopic (exact) mass is 280 g/mol. The number of hydrogen-bond donors (Lipinski definition) is 2. The van der Waals surface area contributed by atoms with Crippen molar-refractivity contribution in [2.45, 2.75) is 6.54 Å². The SMILES string of the molecule is O=C(O)c1cc(NCc2ccncn2)nc2ccccc12. The van der Waals surface area contributed by atoms with Crippen LogP contribution >= 0.6 is 0 Å². The van der Waals surface area contributed by atoms with Gasteiger partial charge in [0, 0.05) is 11.6 Å². The molecule has 0 fully saturated rings. The Morgan fingerprint density at radius 2 is 2.10 bits per heavy atom. The molecule has 0 aliphatic heterocycles. The molecule has 0 aliphatic carbocycles. The molecular weight excluding hydrogens is 268 g/mol. The molecule has 6 heteroatoms. The first-order valence-corrected chi connectivity index (χ1v) is 6.36. The molecule has 104 valence electrons. The van der Waals surface area contributed by atoms with Gasteiger partial charge in [-0.05, 0) is 18.2 Å². The highest BCUT2D eigenvalue weighted by Crippen LogP contribution is 2.21. The molecule has 0 saturated heterocycles. The first kappa shape index (κ1) is 13.0. The molecule has 0 aliphatic rings. The van der Waals surface area contributed by atoms with E-state index in [1.807, 2.05) is 6.07 Å². The summed E-state index contributed by atoms with van der Waals surface area (Å²) in [7, 11) is 0. The van der Waals surface area contributed by atoms with Crippen molar-refractivity contribution in [2.24, 2.45) is 0 Å². The molecule has 3 rings (SSSR count). The first-order chi connectivity index (χ1) is 10.2. The molecule has 2 N–H and O–H groups in total. The zero-order valence-electron chi connectivity index (χ0n) is 11.0. The van der Waals surface area contributed by atoms with Gasteiger partial charge in [-0.15, -0.1) is 0 Å². The average Bonchev–Trinajstić information content (AvgIpc) is 2.53. The van der Waals surface area contributed by atoms with Crippen LogP contribution in [0.2, 0.25) is 0 Å². The number of pyridine rings is 1. The maximum Gasteiger partial charge on any atom is 0.336 e. The first-order valence-electron chi connectivity index (χ1n) is 6.36. The van der Waals surface area contributed by atoms with Gasteiger partial charge in [0.2, 0.25) is 0 Å². The van der Waals surface area contributed by atoms with E-state index in [-0.39, 0.29) is 5.56 Å². The molecule has 0 amide bonds. The number of nitrogens with zero attached hydrogens (tertiary/aromatic N) is 3. The smallest absolute Gasteiger partial charge is 0.336 e. The molecule has 0 radical (unpaired) electrons. The van der Waals surface area contributed by atoms with Crippen LogP contribution in [0.4, 0.5) is 5.82 Å². The molecule has 0 bridgehead atoms. The van der Waals surface area contributed by atoms with Crippen molar-refractivity contribution in [1.82, 2.24) is 15.0 Å². The number of anilines is 1. The third-order valence-corrected chi connectivity index (χ3v) is 3.04. The van der Waals surface area contributed by atoms with Gasteiger partial charge in [-0.2, -0.15) is 0 Å². The predicted octanol–water partition coefficient (Wildman–Crippen LogP) is 2.34. The summed E-state index contributed by atoms with van der Waals surface area (Å²) in [5.74, 6) is -0.469. The number of carbonyl (C=O) groups is 1. The number of aromatic nitrogens is 3. The minimum absolute atomic E-state index is 0.228. The van der Waals surface area contributed by atoms with Crippen LogP contribution in [0, 0.1) is 0 Å². The van der Waals surface area contributed by atoms with E-state index in [2.05, 4.69) is 20.3 Å². The molecule has 21 heavy (non-hydrogen) atoms. The van der Waals surface area contributed by atoms with E-state index in [1.165, 1.54) is 12.4 Å². The summed E-state index contributed by atoms with van der Waals surface area (Å²) < 4.78 is 0. The number of nitrogens with one attached hydrogen (secondary N) is 1. The van der Waals surface area contributed by atoms with E-state index in [4.69, 9.17) is 0 Å². The topological polar surface area (TPSA) is 88.0 Å². The Labute approximate surface area is 120 Å². The van der Waals surface area contributed by atoms with Gasteiger partial charge >= 0.3 is 5.97 Å². The summed E-state index contributed by atoms with van der Waals surface area (Å²) in [6.07, 6.45) is 3.12. The van der Waals surface area contributed by atoms with Gasteiger partial charge in [-0.25, -0.2) is 19.7 Å². The van der Waals surface area contributed by atoms with Crippen molar-refractivity contribution in [3.63, 3.8) is 0 Å². The van der Waals surface area contributed by atoms with Crippen molar-refractivity contribution >= 4 is 22.7 Å². The summed E-state index contributed by atoms with van der Waals surface area (Å²) in [5.41, 5.74) is 1.67. The number of benzene rings is 1. The van der Waals surface area contributed by atoms with E-state index < -0.39 is 5.97 Å². The lowest BCUT2D eigenvalue weighted by atomic mass is 10.1. The van der Waals surface area contributed by atoms with Crippen molar-refractivity contribution in [1.29, 1.82) is 0 Å². The molecule has 6 nitrogen and oxygen atoms in total. The summed E-state index contributed by atoms with van der Waals surface area (Å²) in [4.78, 5) is 23.7. The highest BCUT2D eigenvalue weighted by Gasteiger charge is 2.11. The normalized spacial score (nSPS) is 10.5. The second-order valence-electron chi connectivity index (χ2n) is 4.43. The van der Waals surface area contributed by atoms with Crippen LogP contribution in [0.25, 0.3) is 10.9 Å². The zero-order chi connectivity index (χ0) is 14.7. The minimum atomic E-state index is -0.973. The molecular formula is C15H12N4O2. The highest BCUT2D eigenvalue weighted by molar-refractivity contribution is 6.03. The van der Waals surface area contributed by atoms with Crippen LogP contribution in [-0.4, -0.2) is 26.0 Å².